The minimum atomic E-state index is -0.199. The van der Waals surface area contributed by atoms with Gasteiger partial charge in [-0.3, -0.25) is 9.59 Å². The zero-order valence-corrected chi connectivity index (χ0v) is 19.0. The highest BCUT2D eigenvalue weighted by Gasteiger charge is 2.40. The van der Waals surface area contributed by atoms with Gasteiger partial charge in [-0.25, -0.2) is 0 Å². The van der Waals surface area contributed by atoms with E-state index in [9.17, 15) is 9.59 Å². The van der Waals surface area contributed by atoms with Gasteiger partial charge in [-0.05, 0) is 68.2 Å². The van der Waals surface area contributed by atoms with Crippen LogP contribution in [0.2, 0.25) is 0 Å². The molecule has 0 radical (unpaired) electrons. The zero-order valence-electron chi connectivity index (χ0n) is 19.0. The van der Waals surface area contributed by atoms with Gasteiger partial charge in [-0.15, -0.1) is 0 Å². The molecule has 3 heterocycles. The third kappa shape index (κ3) is 3.49. The first-order valence-electron chi connectivity index (χ1n) is 12.9. The van der Waals surface area contributed by atoms with Crippen molar-refractivity contribution in [3.8, 4) is 0 Å². The van der Waals surface area contributed by atoms with E-state index in [0.717, 1.165) is 50.0 Å². The Morgan fingerprint density at radius 1 is 0.969 bits per heavy atom. The normalized spacial score (nSPS) is 28.2. The molecule has 5 nitrogen and oxygen atoms in total. The quantitative estimate of drug-likeness (QED) is 0.773. The minimum Gasteiger partial charge on any atom is -0.370 e. The summed E-state index contributed by atoms with van der Waals surface area (Å²) >= 11 is 0. The molecule has 1 N–H and O–H groups in total. The Kier molecular flexibility index (Phi) is 5.33. The standard InChI is InChI=1S/C27H35N3O2/c31-26(18-5-2-1-3-6-18)25-23-10-9-20(15-19(23)11-13-28-25)27(32)29-16-21-12-14-30(24(21)17-29)22-7-4-8-22/h9-10,15,17-18,21-22,25,28H,1-8,11-14,16H2. The highest BCUT2D eigenvalue weighted by Crippen LogP contribution is 2.40. The summed E-state index contributed by atoms with van der Waals surface area (Å²) in [6, 6.07) is 6.57. The van der Waals surface area contributed by atoms with Crippen LogP contribution < -0.4 is 5.32 Å². The number of ketones is 1. The first-order chi connectivity index (χ1) is 15.7. The van der Waals surface area contributed by atoms with Gasteiger partial charge in [0.1, 0.15) is 0 Å². The molecule has 1 amide bonds. The Labute approximate surface area is 191 Å². The number of fused-ring (bicyclic) bond motifs is 2. The average molecular weight is 434 g/mol. The van der Waals surface area contributed by atoms with E-state index >= 15 is 0 Å². The molecule has 1 aromatic carbocycles. The van der Waals surface area contributed by atoms with Gasteiger partial charge in [0.25, 0.3) is 5.91 Å². The van der Waals surface area contributed by atoms with Gasteiger partial charge in [0.05, 0.1) is 6.04 Å². The Bertz CT molecular complexity index is 944. The summed E-state index contributed by atoms with van der Waals surface area (Å²) in [6.45, 7) is 2.78. The summed E-state index contributed by atoms with van der Waals surface area (Å²) in [5, 5.41) is 3.47. The first-order valence-corrected chi connectivity index (χ1v) is 12.9. The highest BCUT2D eigenvalue weighted by molar-refractivity contribution is 5.96. The van der Waals surface area contributed by atoms with Gasteiger partial charge < -0.3 is 15.1 Å². The Hall–Kier alpha value is -2.14. The monoisotopic (exact) mass is 433 g/mol. The number of carbonyl (C=O) groups is 2. The van der Waals surface area contributed by atoms with Crippen LogP contribution in [0.1, 0.15) is 85.3 Å². The number of Topliss-reactive ketones (excluding diaryl/α,β-unsaturated/α-hetero) is 1. The largest absolute Gasteiger partial charge is 0.370 e. The van der Waals surface area contributed by atoms with Crippen molar-refractivity contribution in [2.45, 2.75) is 76.3 Å². The summed E-state index contributed by atoms with van der Waals surface area (Å²) in [5.74, 6) is 1.18. The predicted octanol–water partition coefficient (Wildman–Crippen LogP) is 4.19. The molecule has 2 saturated carbocycles. The van der Waals surface area contributed by atoms with Crippen LogP contribution in [0, 0.1) is 11.8 Å². The minimum absolute atomic E-state index is 0.108. The number of carbonyl (C=O) groups excluding carboxylic acids is 2. The van der Waals surface area contributed by atoms with Crippen molar-refractivity contribution in [1.29, 1.82) is 0 Å². The number of hydrogen-bond donors (Lipinski definition) is 1. The third-order valence-electron chi connectivity index (χ3n) is 8.69. The molecule has 5 aliphatic rings. The van der Waals surface area contributed by atoms with Gasteiger partial charge in [-0.2, -0.15) is 0 Å². The lowest BCUT2D eigenvalue weighted by molar-refractivity contribution is -0.126. The van der Waals surface area contributed by atoms with E-state index in [0.29, 0.717) is 17.7 Å². The van der Waals surface area contributed by atoms with E-state index in [2.05, 4.69) is 22.5 Å². The maximum Gasteiger partial charge on any atom is 0.257 e. The Morgan fingerprint density at radius 3 is 2.59 bits per heavy atom. The third-order valence-corrected chi connectivity index (χ3v) is 8.69. The van der Waals surface area contributed by atoms with Crippen molar-refractivity contribution in [2.24, 2.45) is 11.8 Å². The second-order valence-corrected chi connectivity index (χ2v) is 10.6. The van der Waals surface area contributed by atoms with Gasteiger partial charge >= 0.3 is 0 Å². The van der Waals surface area contributed by atoms with Gasteiger partial charge in [0.15, 0.2) is 5.78 Å². The number of nitrogens with zero attached hydrogens (tertiary/aromatic N) is 2. The van der Waals surface area contributed by atoms with Crippen molar-refractivity contribution < 1.29 is 9.59 Å². The number of amides is 1. The molecule has 3 aliphatic heterocycles. The lowest BCUT2D eigenvalue weighted by atomic mass is 9.80. The summed E-state index contributed by atoms with van der Waals surface area (Å²) in [7, 11) is 0. The van der Waals surface area contributed by atoms with Gasteiger partial charge in [0.2, 0.25) is 0 Å². The van der Waals surface area contributed by atoms with E-state index in [4.69, 9.17) is 0 Å². The lowest BCUT2D eigenvalue weighted by Gasteiger charge is -2.37. The Balaban J connectivity index is 1.20. The van der Waals surface area contributed by atoms with Crippen LogP contribution in [0.25, 0.3) is 0 Å². The second kappa shape index (κ2) is 8.33. The summed E-state index contributed by atoms with van der Waals surface area (Å²) < 4.78 is 0. The van der Waals surface area contributed by atoms with Crippen LogP contribution in [0.4, 0.5) is 0 Å². The van der Waals surface area contributed by atoms with E-state index in [1.54, 1.807) is 0 Å². The van der Waals surface area contributed by atoms with Crippen molar-refractivity contribution in [1.82, 2.24) is 15.1 Å². The van der Waals surface area contributed by atoms with Crippen molar-refractivity contribution in [3.63, 3.8) is 0 Å². The first kappa shape index (κ1) is 20.5. The molecule has 2 aliphatic carbocycles. The maximum absolute atomic E-state index is 13.4. The van der Waals surface area contributed by atoms with Crippen LogP contribution in [-0.4, -0.2) is 47.2 Å². The van der Waals surface area contributed by atoms with E-state index < -0.39 is 0 Å². The fraction of sp³-hybridized carbons (Fsp3) is 0.630. The molecular weight excluding hydrogens is 398 g/mol. The molecular formula is C27H35N3O2. The second-order valence-electron chi connectivity index (χ2n) is 10.6. The molecule has 3 fully saturated rings. The molecule has 2 atom stereocenters. The molecule has 0 spiro atoms. The predicted molar refractivity (Wildman–Crippen MR) is 124 cm³/mol. The molecule has 5 heteroatoms. The lowest BCUT2D eigenvalue weighted by Crippen LogP contribution is -2.38. The molecule has 0 bridgehead atoms. The van der Waals surface area contributed by atoms with E-state index in [1.165, 1.54) is 56.2 Å². The molecule has 6 rings (SSSR count). The summed E-state index contributed by atoms with van der Waals surface area (Å²) in [6.07, 6.45) is 13.8. The zero-order chi connectivity index (χ0) is 21.7. The number of hydrogen-bond acceptors (Lipinski definition) is 4. The topological polar surface area (TPSA) is 52.7 Å². The number of benzene rings is 1. The molecule has 32 heavy (non-hydrogen) atoms. The highest BCUT2D eigenvalue weighted by atomic mass is 16.2. The summed E-state index contributed by atoms with van der Waals surface area (Å²) in [5.41, 5.74) is 4.42. The van der Waals surface area contributed by atoms with Crippen LogP contribution in [0.5, 0.6) is 0 Å². The van der Waals surface area contributed by atoms with Crippen LogP contribution in [0.15, 0.2) is 30.1 Å². The van der Waals surface area contributed by atoms with Gasteiger partial charge in [0, 0.05) is 55.0 Å². The smallest absolute Gasteiger partial charge is 0.257 e. The van der Waals surface area contributed by atoms with Crippen molar-refractivity contribution >= 4 is 11.7 Å². The average Bonchev–Trinajstić information content (AvgIpc) is 3.39. The van der Waals surface area contributed by atoms with E-state index in [-0.39, 0.29) is 17.9 Å². The SMILES string of the molecule is O=C(C1CCCCC1)C1NCCc2cc(C(=O)N3C=C4C(CCN4C4CCC4)C3)ccc21. The summed E-state index contributed by atoms with van der Waals surface area (Å²) in [4.78, 5) is 31.1. The van der Waals surface area contributed by atoms with Crippen LogP contribution in [-0.2, 0) is 11.2 Å². The number of rotatable bonds is 4. The molecule has 0 aromatic heterocycles. The van der Waals surface area contributed by atoms with Crippen LogP contribution >= 0.6 is 0 Å². The molecule has 2 unspecified atom stereocenters. The van der Waals surface area contributed by atoms with Crippen molar-refractivity contribution in [2.75, 3.05) is 19.6 Å². The number of likely N-dealkylation sites (tertiary alicyclic amines) is 1. The fourth-order valence-corrected chi connectivity index (χ4v) is 6.59. The van der Waals surface area contributed by atoms with Crippen LogP contribution in [0.3, 0.4) is 0 Å². The van der Waals surface area contributed by atoms with Crippen molar-refractivity contribution in [3.05, 3.63) is 46.8 Å². The fourth-order valence-electron chi connectivity index (χ4n) is 6.59. The molecule has 1 aromatic rings. The van der Waals surface area contributed by atoms with Gasteiger partial charge in [-0.1, -0.05) is 25.3 Å². The Morgan fingerprint density at radius 2 is 1.81 bits per heavy atom. The number of nitrogens with one attached hydrogen (secondary N) is 1. The maximum atomic E-state index is 13.4. The molecule has 170 valence electrons. The van der Waals surface area contributed by atoms with E-state index in [1.807, 2.05) is 17.0 Å². The molecule has 1 saturated heterocycles.